The maximum absolute atomic E-state index is 12.5. The molecule has 0 aliphatic heterocycles. The number of carbonyl (C=O) groups is 1. The third kappa shape index (κ3) is 5.15. The summed E-state index contributed by atoms with van der Waals surface area (Å²) in [5.74, 6) is -0.476. The van der Waals surface area contributed by atoms with Crippen molar-refractivity contribution in [2.24, 2.45) is 5.14 Å². The number of primary sulfonamides is 1. The minimum Gasteiger partial charge on any atom is -0.325 e. The molecule has 0 aliphatic rings. The molecule has 0 spiro atoms. The summed E-state index contributed by atoms with van der Waals surface area (Å²) < 4.78 is 22.6. The number of aromatic nitrogens is 2. The Bertz CT molecular complexity index is 1610. The van der Waals surface area contributed by atoms with E-state index in [1.54, 1.807) is 6.07 Å². The number of nitrogens with one attached hydrogen (secondary N) is 2. The van der Waals surface area contributed by atoms with Crippen molar-refractivity contribution in [3.63, 3.8) is 0 Å². The van der Waals surface area contributed by atoms with E-state index < -0.39 is 21.5 Å². The van der Waals surface area contributed by atoms with Crippen molar-refractivity contribution >= 4 is 44.2 Å². The first-order valence-electron chi connectivity index (χ1n) is 9.84. The molecule has 0 saturated carbocycles. The van der Waals surface area contributed by atoms with Gasteiger partial charge in [-0.05, 0) is 41.1 Å². The van der Waals surface area contributed by atoms with Gasteiger partial charge in [-0.25, -0.2) is 18.5 Å². The number of hydrogen-bond donors (Lipinski definition) is 3. The molecule has 0 saturated heterocycles. The number of rotatable bonds is 6. The number of hydrogen-bond acceptors (Lipinski definition) is 7. The topological polar surface area (TPSA) is 159 Å². The molecule has 170 valence electrons. The lowest BCUT2D eigenvalue weighted by atomic mass is 10.0. The van der Waals surface area contributed by atoms with Crippen LogP contribution in [0.25, 0.3) is 22.0 Å². The van der Waals surface area contributed by atoms with Crippen molar-refractivity contribution in [2.75, 3.05) is 11.1 Å². The molecular weight excluding hydrogens is 474 g/mol. The molecule has 3 aromatic carbocycles. The van der Waals surface area contributed by atoms with Crippen molar-refractivity contribution < 1.29 is 13.2 Å². The molecule has 0 unspecified atom stereocenters. The summed E-state index contributed by atoms with van der Waals surface area (Å²) in [6.45, 7) is 0. The van der Waals surface area contributed by atoms with Gasteiger partial charge in [0.15, 0.2) is 5.16 Å². The fourth-order valence-electron chi connectivity index (χ4n) is 3.23. The second kappa shape index (κ2) is 9.48. The standard InChI is InChI=1S/C23H17N5O4S2/c24-12-19-21(16-6-5-14-3-1-2-4-15(14)11-16)27-23(28-22(19)30)33-13-20(29)26-17-7-9-18(10-8-17)34(25,31)32/h1-11H,13H2,(H,26,29)(H2,25,31,32)(H,27,28,30). The van der Waals surface area contributed by atoms with E-state index in [1.807, 2.05) is 42.5 Å². The molecule has 4 rings (SSSR count). The third-order valence-electron chi connectivity index (χ3n) is 4.84. The van der Waals surface area contributed by atoms with E-state index in [2.05, 4.69) is 15.3 Å². The number of nitrogens with two attached hydrogens (primary N) is 1. The Morgan fingerprint density at radius 1 is 1.09 bits per heavy atom. The third-order valence-corrected chi connectivity index (χ3v) is 6.64. The zero-order valence-corrected chi connectivity index (χ0v) is 19.1. The molecule has 0 atom stereocenters. The molecule has 4 N–H and O–H groups in total. The van der Waals surface area contributed by atoms with E-state index in [0.29, 0.717) is 11.3 Å². The highest BCUT2D eigenvalue weighted by molar-refractivity contribution is 7.99. The molecule has 11 heteroatoms. The van der Waals surface area contributed by atoms with Gasteiger partial charge in [0.1, 0.15) is 11.6 Å². The highest BCUT2D eigenvalue weighted by atomic mass is 32.2. The molecule has 0 bridgehead atoms. The maximum atomic E-state index is 12.5. The van der Waals surface area contributed by atoms with E-state index in [-0.39, 0.29) is 27.1 Å². The van der Waals surface area contributed by atoms with Gasteiger partial charge in [0.2, 0.25) is 15.9 Å². The van der Waals surface area contributed by atoms with E-state index in [4.69, 9.17) is 5.14 Å². The number of nitriles is 1. The fourth-order valence-corrected chi connectivity index (χ4v) is 4.41. The van der Waals surface area contributed by atoms with Crippen LogP contribution in [0.4, 0.5) is 5.69 Å². The number of benzene rings is 3. The Hall–Kier alpha value is -3.98. The molecule has 0 radical (unpaired) electrons. The predicted molar refractivity (Wildman–Crippen MR) is 130 cm³/mol. The summed E-state index contributed by atoms with van der Waals surface area (Å²) >= 11 is 0.997. The lowest BCUT2D eigenvalue weighted by Crippen LogP contribution is -2.17. The van der Waals surface area contributed by atoms with E-state index >= 15 is 0 Å². The molecule has 4 aromatic rings. The number of amides is 1. The average molecular weight is 492 g/mol. The van der Waals surface area contributed by atoms with Crippen LogP contribution in [0.5, 0.6) is 0 Å². The monoisotopic (exact) mass is 491 g/mol. The summed E-state index contributed by atoms with van der Waals surface area (Å²) in [7, 11) is -3.83. The number of H-pyrrole nitrogens is 1. The van der Waals surface area contributed by atoms with Crippen LogP contribution in [-0.4, -0.2) is 30.0 Å². The Labute approximate surface area is 198 Å². The summed E-state index contributed by atoms with van der Waals surface area (Å²) in [5.41, 5.74) is 0.526. The first-order chi connectivity index (χ1) is 16.2. The van der Waals surface area contributed by atoms with Gasteiger partial charge in [-0.3, -0.25) is 9.59 Å². The summed E-state index contributed by atoms with van der Waals surface area (Å²) in [5, 5.41) is 19.3. The lowest BCUT2D eigenvalue weighted by Gasteiger charge is -2.08. The smallest absolute Gasteiger partial charge is 0.270 e. The summed E-state index contributed by atoms with van der Waals surface area (Å²) in [4.78, 5) is 31.7. The number of fused-ring (bicyclic) bond motifs is 1. The van der Waals surface area contributed by atoms with E-state index in [0.717, 1.165) is 22.5 Å². The van der Waals surface area contributed by atoms with Gasteiger partial charge in [-0.1, -0.05) is 48.2 Å². The van der Waals surface area contributed by atoms with Crippen LogP contribution >= 0.6 is 11.8 Å². The van der Waals surface area contributed by atoms with Crippen LogP contribution in [-0.2, 0) is 14.8 Å². The number of anilines is 1. The summed E-state index contributed by atoms with van der Waals surface area (Å²) in [6.07, 6.45) is 0. The largest absolute Gasteiger partial charge is 0.325 e. The van der Waals surface area contributed by atoms with Crippen LogP contribution in [0.2, 0.25) is 0 Å². The van der Waals surface area contributed by atoms with E-state index in [9.17, 15) is 23.3 Å². The molecule has 0 fully saturated rings. The Morgan fingerprint density at radius 2 is 1.79 bits per heavy atom. The molecule has 9 nitrogen and oxygen atoms in total. The van der Waals surface area contributed by atoms with Gasteiger partial charge in [-0.2, -0.15) is 5.26 Å². The lowest BCUT2D eigenvalue weighted by molar-refractivity contribution is -0.113. The average Bonchev–Trinajstić information content (AvgIpc) is 2.82. The second-order valence-corrected chi connectivity index (χ2v) is 9.70. The van der Waals surface area contributed by atoms with Crippen LogP contribution in [0.3, 0.4) is 0 Å². The minimum atomic E-state index is -3.83. The Kier molecular flexibility index (Phi) is 6.47. The SMILES string of the molecule is N#Cc1c(-c2ccc3ccccc3c2)nc(SCC(=O)Nc2ccc(S(N)(=O)=O)cc2)[nH]c1=O. The van der Waals surface area contributed by atoms with Gasteiger partial charge < -0.3 is 10.3 Å². The molecule has 34 heavy (non-hydrogen) atoms. The highest BCUT2D eigenvalue weighted by Crippen LogP contribution is 2.26. The van der Waals surface area contributed by atoms with Crippen LogP contribution in [0.1, 0.15) is 5.56 Å². The fraction of sp³-hybridized carbons (Fsp3) is 0.0435. The van der Waals surface area contributed by atoms with Gasteiger partial charge in [0.25, 0.3) is 5.56 Å². The Balaban J connectivity index is 1.53. The minimum absolute atomic E-state index is 0.0690. The van der Waals surface area contributed by atoms with Crippen molar-refractivity contribution in [1.82, 2.24) is 9.97 Å². The van der Waals surface area contributed by atoms with Gasteiger partial charge in [0, 0.05) is 11.3 Å². The van der Waals surface area contributed by atoms with Crippen molar-refractivity contribution in [1.29, 1.82) is 5.26 Å². The van der Waals surface area contributed by atoms with Crippen molar-refractivity contribution in [3.8, 4) is 17.3 Å². The Morgan fingerprint density at radius 3 is 2.47 bits per heavy atom. The maximum Gasteiger partial charge on any atom is 0.270 e. The first-order valence-corrected chi connectivity index (χ1v) is 12.4. The first kappa shape index (κ1) is 23.2. The zero-order chi connectivity index (χ0) is 24.3. The normalized spacial score (nSPS) is 11.2. The molecular formula is C23H17N5O4S2. The van der Waals surface area contributed by atoms with Crippen LogP contribution in [0.15, 0.2) is 81.6 Å². The molecule has 1 aromatic heterocycles. The number of aromatic amines is 1. The zero-order valence-electron chi connectivity index (χ0n) is 17.5. The summed E-state index contributed by atoms with van der Waals surface area (Å²) in [6, 6.07) is 20.5. The molecule has 1 heterocycles. The number of nitrogens with zero attached hydrogens (tertiary/aromatic N) is 2. The van der Waals surface area contributed by atoms with Crippen LogP contribution in [0, 0.1) is 11.3 Å². The van der Waals surface area contributed by atoms with Gasteiger partial charge in [0.05, 0.1) is 16.3 Å². The van der Waals surface area contributed by atoms with Gasteiger partial charge in [-0.15, -0.1) is 0 Å². The highest BCUT2D eigenvalue weighted by Gasteiger charge is 2.15. The quantitative estimate of drug-likeness (QED) is 0.276. The van der Waals surface area contributed by atoms with Crippen LogP contribution < -0.4 is 16.0 Å². The molecule has 0 aliphatic carbocycles. The predicted octanol–water partition coefficient (Wildman–Crippen LogP) is 2.84. The number of carbonyl (C=O) groups excluding carboxylic acids is 1. The van der Waals surface area contributed by atoms with Crippen molar-refractivity contribution in [2.45, 2.75) is 10.1 Å². The van der Waals surface area contributed by atoms with Crippen molar-refractivity contribution in [3.05, 3.63) is 82.6 Å². The second-order valence-electron chi connectivity index (χ2n) is 7.17. The number of thioether (sulfide) groups is 1. The van der Waals surface area contributed by atoms with E-state index in [1.165, 1.54) is 24.3 Å². The van der Waals surface area contributed by atoms with Gasteiger partial charge >= 0.3 is 0 Å². The number of sulfonamides is 1. The molecule has 1 amide bonds.